The maximum atomic E-state index is 13.1. The van der Waals surface area contributed by atoms with Crippen molar-refractivity contribution in [3.63, 3.8) is 0 Å². The predicted octanol–water partition coefficient (Wildman–Crippen LogP) is 5.43. The van der Waals surface area contributed by atoms with E-state index in [0.29, 0.717) is 25.8 Å². The van der Waals surface area contributed by atoms with Crippen LogP contribution in [-0.4, -0.2) is 30.2 Å². The second kappa shape index (κ2) is 7.63. The van der Waals surface area contributed by atoms with Gasteiger partial charge in [-0.05, 0) is 40.4 Å². The zero-order chi connectivity index (χ0) is 21.5. The van der Waals surface area contributed by atoms with Gasteiger partial charge in [0.15, 0.2) is 4.34 Å². The molecule has 156 valence electrons. The molecular formula is C15H6F6N6S3. The van der Waals surface area contributed by atoms with Crippen LogP contribution in [0, 0.1) is 0 Å². The average Bonchev–Trinajstić information content (AvgIpc) is 3.42. The molecule has 0 saturated heterocycles. The van der Waals surface area contributed by atoms with Crippen LogP contribution in [-0.2, 0) is 12.4 Å². The number of hydrogen-bond donors (Lipinski definition) is 0. The van der Waals surface area contributed by atoms with Crippen LogP contribution >= 0.6 is 34.4 Å². The third-order valence-electron chi connectivity index (χ3n) is 3.57. The van der Waals surface area contributed by atoms with E-state index >= 15 is 0 Å². The molecule has 4 rings (SSSR count). The predicted molar refractivity (Wildman–Crippen MR) is 96.5 cm³/mol. The van der Waals surface area contributed by atoms with E-state index in [1.54, 1.807) is 6.20 Å². The van der Waals surface area contributed by atoms with Crippen molar-refractivity contribution in [3.05, 3.63) is 47.2 Å². The fraction of sp³-hybridized carbons (Fsp3) is 0.133. The zero-order valence-electron chi connectivity index (χ0n) is 14.1. The van der Waals surface area contributed by atoms with E-state index in [1.807, 2.05) is 0 Å². The lowest BCUT2D eigenvalue weighted by molar-refractivity contribution is -0.143. The van der Waals surface area contributed by atoms with Gasteiger partial charge in [-0.3, -0.25) is 0 Å². The first-order valence-corrected chi connectivity index (χ1v) is 10.2. The molecule has 0 spiro atoms. The van der Waals surface area contributed by atoms with E-state index in [1.165, 1.54) is 39.5 Å². The lowest BCUT2D eigenvalue weighted by atomic mass is 10.0. The number of aromatic nitrogens is 6. The topological polar surface area (TPSA) is 69.4 Å². The Balaban J connectivity index is 1.62. The largest absolute Gasteiger partial charge is 0.416 e. The minimum absolute atomic E-state index is 0.0179. The van der Waals surface area contributed by atoms with Crippen LogP contribution in [0.3, 0.4) is 0 Å². The van der Waals surface area contributed by atoms with Gasteiger partial charge in [0.05, 0.1) is 27.2 Å². The molecule has 1 aromatic carbocycles. The Labute approximate surface area is 175 Å². The number of tetrazole rings is 1. The number of hydrogen-bond acceptors (Lipinski definition) is 8. The van der Waals surface area contributed by atoms with Gasteiger partial charge >= 0.3 is 12.4 Å². The summed E-state index contributed by atoms with van der Waals surface area (Å²) in [5.74, 6) is 0. The van der Waals surface area contributed by atoms with Crippen molar-refractivity contribution in [2.75, 3.05) is 0 Å². The molecule has 0 bridgehead atoms. The summed E-state index contributed by atoms with van der Waals surface area (Å²) in [4.78, 5) is 8.31. The third-order valence-corrected chi connectivity index (χ3v) is 6.60. The molecule has 4 aromatic rings. The van der Waals surface area contributed by atoms with Gasteiger partial charge in [-0.25, -0.2) is 9.97 Å². The van der Waals surface area contributed by atoms with Crippen molar-refractivity contribution >= 4 is 34.4 Å². The molecule has 30 heavy (non-hydrogen) atoms. The van der Waals surface area contributed by atoms with E-state index in [-0.39, 0.29) is 17.3 Å². The molecule has 0 aliphatic rings. The van der Waals surface area contributed by atoms with E-state index < -0.39 is 23.5 Å². The maximum absolute atomic E-state index is 13.1. The van der Waals surface area contributed by atoms with Gasteiger partial charge < -0.3 is 0 Å². The zero-order valence-corrected chi connectivity index (χ0v) is 16.6. The summed E-state index contributed by atoms with van der Waals surface area (Å²) < 4.78 is 80.8. The average molecular weight is 480 g/mol. The molecule has 0 aliphatic heterocycles. The number of rotatable bonds is 4. The number of alkyl halides is 6. The second-order valence-electron chi connectivity index (χ2n) is 5.61. The first-order valence-electron chi connectivity index (χ1n) is 7.72. The number of thiazole rings is 2. The molecule has 0 N–H and O–H groups in total. The van der Waals surface area contributed by atoms with Crippen LogP contribution in [0.15, 0.2) is 44.7 Å². The van der Waals surface area contributed by atoms with Gasteiger partial charge in [0.25, 0.3) is 0 Å². The smallest absolute Gasteiger partial charge is 0.229 e. The van der Waals surface area contributed by atoms with Crippen molar-refractivity contribution in [2.24, 2.45) is 0 Å². The quantitative estimate of drug-likeness (QED) is 0.363. The number of nitrogens with zero attached hydrogens (tertiary/aromatic N) is 6. The molecular weight excluding hydrogens is 474 g/mol. The summed E-state index contributed by atoms with van der Waals surface area (Å²) in [6.45, 7) is 0. The summed E-state index contributed by atoms with van der Waals surface area (Å²) in [6.07, 6.45) is -6.93. The molecule has 0 aliphatic carbocycles. The van der Waals surface area contributed by atoms with Crippen molar-refractivity contribution in [1.29, 1.82) is 0 Å². The lowest BCUT2D eigenvalue weighted by Gasteiger charge is -2.13. The highest BCUT2D eigenvalue weighted by atomic mass is 32.2. The maximum Gasteiger partial charge on any atom is 0.416 e. The van der Waals surface area contributed by atoms with E-state index in [4.69, 9.17) is 0 Å². The van der Waals surface area contributed by atoms with E-state index in [2.05, 4.69) is 25.5 Å². The Hall–Kier alpha value is -2.52. The molecule has 0 unspecified atom stereocenters. The summed E-state index contributed by atoms with van der Waals surface area (Å²) in [5.41, 5.74) is -3.02. The molecule has 0 atom stereocenters. The van der Waals surface area contributed by atoms with Crippen LogP contribution in [0.4, 0.5) is 26.3 Å². The number of halogens is 6. The van der Waals surface area contributed by atoms with E-state index in [0.717, 1.165) is 11.3 Å². The Morgan fingerprint density at radius 3 is 2.27 bits per heavy atom. The first-order chi connectivity index (χ1) is 14.1. The summed E-state index contributed by atoms with van der Waals surface area (Å²) >= 11 is 3.52. The minimum Gasteiger partial charge on any atom is -0.229 e. The van der Waals surface area contributed by atoms with Gasteiger partial charge in [-0.2, -0.15) is 31.0 Å². The fourth-order valence-electron chi connectivity index (χ4n) is 2.28. The Morgan fingerprint density at radius 1 is 0.967 bits per heavy atom. The van der Waals surface area contributed by atoms with Crippen LogP contribution in [0.25, 0.3) is 16.4 Å². The monoisotopic (exact) mass is 480 g/mol. The Kier molecular flexibility index (Phi) is 5.27. The Bertz CT molecular complexity index is 1130. The van der Waals surface area contributed by atoms with Crippen molar-refractivity contribution in [3.8, 4) is 16.4 Å². The normalized spacial score (nSPS) is 12.5. The minimum atomic E-state index is -4.92. The van der Waals surface area contributed by atoms with Gasteiger partial charge in [-0.1, -0.05) is 11.3 Å². The third kappa shape index (κ3) is 4.46. The second-order valence-corrected chi connectivity index (χ2v) is 9.03. The molecule has 15 heteroatoms. The molecule has 6 nitrogen and oxygen atoms in total. The fourth-order valence-corrected chi connectivity index (χ4v) is 5.21. The van der Waals surface area contributed by atoms with Crippen molar-refractivity contribution in [1.82, 2.24) is 30.2 Å². The summed E-state index contributed by atoms with van der Waals surface area (Å²) in [5, 5.41) is 12.6. The van der Waals surface area contributed by atoms with Crippen LogP contribution in [0.5, 0.6) is 0 Å². The van der Waals surface area contributed by atoms with E-state index in [9.17, 15) is 26.3 Å². The summed E-state index contributed by atoms with van der Waals surface area (Å²) in [6, 6.07) is 1.39. The van der Waals surface area contributed by atoms with Crippen molar-refractivity contribution in [2.45, 2.75) is 20.9 Å². The molecule has 0 fully saturated rings. The van der Waals surface area contributed by atoms with Gasteiger partial charge in [0.1, 0.15) is 6.33 Å². The molecule has 3 heterocycles. The first kappa shape index (κ1) is 20.7. The highest BCUT2D eigenvalue weighted by Crippen LogP contribution is 2.40. The van der Waals surface area contributed by atoms with Crippen LogP contribution in [0.2, 0.25) is 0 Å². The molecule has 0 amide bonds. The molecule has 3 aromatic heterocycles. The SMILES string of the molecule is FC(F)(F)c1cc(-c2csc(Sc3cnc(-n4cnnn4)s3)n2)cc(C(F)(F)F)c1. The number of benzene rings is 1. The van der Waals surface area contributed by atoms with Gasteiger partial charge in [0.2, 0.25) is 5.13 Å². The van der Waals surface area contributed by atoms with Crippen LogP contribution < -0.4 is 0 Å². The Morgan fingerprint density at radius 2 is 1.67 bits per heavy atom. The molecule has 0 saturated carbocycles. The standard InChI is InChI=1S/C15H6F6N6S3/c16-14(17,18)8-1-7(2-9(3-8)15(19,20)21)10-5-28-13(24-10)30-11-4-22-12(29-11)27-6-23-25-26-27/h1-6H. The van der Waals surface area contributed by atoms with Gasteiger partial charge in [-0.15, -0.1) is 16.4 Å². The van der Waals surface area contributed by atoms with Crippen molar-refractivity contribution < 1.29 is 26.3 Å². The highest BCUT2D eigenvalue weighted by molar-refractivity contribution is 8.02. The summed E-state index contributed by atoms with van der Waals surface area (Å²) in [7, 11) is 0. The van der Waals surface area contributed by atoms with Gasteiger partial charge in [0, 0.05) is 10.9 Å². The molecule has 0 radical (unpaired) electrons. The highest BCUT2D eigenvalue weighted by Gasteiger charge is 2.37. The van der Waals surface area contributed by atoms with Crippen LogP contribution in [0.1, 0.15) is 11.1 Å². The lowest BCUT2D eigenvalue weighted by Crippen LogP contribution is -2.11.